The lowest BCUT2D eigenvalue weighted by atomic mass is 10.0. The van der Waals surface area contributed by atoms with Crippen LogP contribution >= 0.6 is 12.4 Å². The van der Waals surface area contributed by atoms with E-state index in [-0.39, 0.29) is 12.4 Å². The summed E-state index contributed by atoms with van der Waals surface area (Å²) < 4.78 is 0. The van der Waals surface area contributed by atoms with Crippen molar-refractivity contribution < 1.29 is 29.7 Å². The standard InChI is InChI=1S/C5H7NO6.ClH/c6-2(5(11)12)1(3(7)8)4(9)10;/h1-2H,6H2,(H,7,8)(H,9,10)(H,11,12);1H/t2-;/m1./s1. The van der Waals surface area contributed by atoms with Gasteiger partial charge < -0.3 is 21.1 Å². The molecule has 0 aromatic rings. The summed E-state index contributed by atoms with van der Waals surface area (Å²) in [5, 5.41) is 24.7. The van der Waals surface area contributed by atoms with E-state index in [1.807, 2.05) is 0 Å². The molecule has 0 rings (SSSR count). The van der Waals surface area contributed by atoms with Gasteiger partial charge in [-0.3, -0.25) is 14.4 Å². The summed E-state index contributed by atoms with van der Waals surface area (Å²) >= 11 is 0. The van der Waals surface area contributed by atoms with Crippen LogP contribution in [0.25, 0.3) is 0 Å². The summed E-state index contributed by atoms with van der Waals surface area (Å²) in [6.07, 6.45) is 0. The predicted molar refractivity (Wildman–Crippen MR) is 41.6 cm³/mol. The molecular weight excluding hydrogens is 206 g/mol. The normalized spacial score (nSPS) is 11.5. The van der Waals surface area contributed by atoms with Crippen LogP contribution in [-0.4, -0.2) is 39.3 Å². The van der Waals surface area contributed by atoms with Gasteiger partial charge in [0, 0.05) is 0 Å². The van der Waals surface area contributed by atoms with Crippen LogP contribution in [0, 0.1) is 5.92 Å². The Morgan fingerprint density at radius 2 is 1.23 bits per heavy atom. The molecule has 0 saturated heterocycles. The van der Waals surface area contributed by atoms with Gasteiger partial charge >= 0.3 is 17.9 Å². The van der Waals surface area contributed by atoms with E-state index in [2.05, 4.69) is 0 Å². The van der Waals surface area contributed by atoms with Crippen LogP contribution in [0.5, 0.6) is 0 Å². The Bertz CT molecular complexity index is 215. The molecule has 0 aliphatic heterocycles. The first-order valence-electron chi connectivity index (χ1n) is 2.82. The summed E-state index contributed by atoms with van der Waals surface area (Å²) in [6.45, 7) is 0. The molecule has 76 valence electrons. The number of hydrogen-bond acceptors (Lipinski definition) is 4. The summed E-state index contributed by atoms with van der Waals surface area (Å²) in [5.74, 6) is -7.30. The lowest BCUT2D eigenvalue weighted by Crippen LogP contribution is -2.46. The molecule has 0 amide bonds. The Balaban J connectivity index is 0. The third-order valence-corrected chi connectivity index (χ3v) is 1.18. The minimum Gasteiger partial charge on any atom is -0.481 e. The van der Waals surface area contributed by atoms with Crippen LogP contribution < -0.4 is 5.73 Å². The number of nitrogens with two attached hydrogens (primary N) is 1. The first-order valence-corrected chi connectivity index (χ1v) is 2.82. The fraction of sp³-hybridized carbons (Fsp3) is 0.400. The Morgan fingerprint density at radius 3 is 1.31 bits per heavy atom. The number of aliphatic carboxylic acids is 3. The highest BCUT2D eigenvalue weighted by Crippen LogP contribution is 2.02. The molecule has 0 aromatic heterocycles. The van der Waals surface area contributed by atoms with Gasteiger partial charge in [0.1, 0.15) is 6.04 Å². The quantitative estimate of drug-likeness (QED) is 0.422. The number of carboxylic acids is 3. The van der Waals surface area contributed by atoms with E-state index < -0.39 is 29.9 Å². The minimum absolute atomic E-state index is 0. The maximum atomic E-state index is 10.2. The monoisotopic (exact) mass is 213 g/mol. The van der Waals surface area contributed by atoms with E-state index >= 15 is 0 Å². The smallest absolute Gasteiger partial charge is 0.322 e. The van der Waals surface area contributed by atoms with Gasteiger partial charge in [0.05, 0.1) is 0 Å². The van der Waals surface area contributed by atoms with Crippen molar-refractivity contribution in [3.05, 3.63) is 0 Å². The van der Waals surface area contributed by atoms with Crippen LogP contribution in [0.4, 0.5) is 0 Å². The van der Waals surface area contributed by atoms with Crippen molar-refractivity contribution >= 4 is 30.3 Å². The third kappa shape index (κ3) is 3.72. The maximum Gasteiger partial charge on any atom is 0.322 e. The minimum atomic E-state index is -2.11. The number of rotatable bonds is 4. The van der Waals surface area contributed by atoms with Crippen LogP contribution in [0.3, 0.4) is 0 Å². The first-order chi connectivity index (χ1) is 5.37. The molecule has 0 bridgehead atoms. The van der Waals surface area contributed by atoms with Crippen molar-refractivity contribution in [2.45, 2.75) is 6.04 Å². The largest absolute Gasteiger partial charge is 0.481 e. The maximum absolute atomic E-state index is 10.2. The Kier molecular flexibility index (Phi) is 5.82. The summed E-state index contributed by atoms with van der Waals surface area (Å²) in [5.41, 5.74) is 4.80. The summed E-state index contributed by atoms with van der Waals surface area (Å²) in [6, 6.07) is -1.93. The topological polar surface area (TPSA) is 138 Å². The molecule has 13 heavy (non-hydrogen) atoms. The number of hydrogen-bond donors (Lipinski definition) is 4. The van der Waals surface area contributed by atoms with Crippen LogP contribution in [-0.2, 0) is 14.4 Å². The predicted octanol–water partition coefficient (Wildman–Crippen LogP) is -1.39. The van der Waals surface area contributed by atoms with E-state index in [4.69, 9.17) is 21.1 Å². The Labute approximate surface area is 78.6 Å². The molecule has 0 fully saturated rings. The molecule has 7 nitrogen and oxygen atoms in total. The molecule has 0 unspecified atom stereocenters. The van der Waals surface area contributed by atoms with Crippen molar-refractivity contribution in [3.8, 4) is 0 Å². The van der Waals surface area contributed by atoms with E-state index in [9.17, 15) is 14.4 Å². The molecule has 0 aliphatic rings. The zero-order valence-corrected chi connectivity index (χ0v) is 7.02. The Hall–Kier alpha value is -1.34. The van der Waals surface area contributed by atoms with Gasteiger partial charge in [0.15, 0.2) is 5.92 Å². The fourth-order valence-electron chi connectivity index (χ4n) is 0.555. The van der Waals surface area contributed by atoms with Crippen LogP contribution in [0.1, 0.15) is 0 Å². The molecular formula is C5H8ClNO6. The molecule has 0 spiro atoms. The highest BCUT2D eigenvalue weighted by atomic mass is 35.5. The number of carboxylic acid groups (broad SMARTS) is 3. The van der Waals surface area contributed by atoms with E-state index in [0.717, 1.165) is 0 Å². The Morgan fingerprint density at radius 1 is 0.923 bits per heavy atom. The highest BCUT2D eigenvalue weighted by Gasteiger charge is 2.36. The van der Waals surface area contributed by atoms with Crippen molar-refractivity contribution in [3.63, 3.8) is 0 Å². The SMILES string of the molecule is Cl.N[C@@H](C(=O)O)C(C(=O)O)C(=O)O. The molecule has 0 aliphatic carbocycles. The van der Waals surface area contributed by atoms with Crippen molar-refractivity contribution in [2.24, 2.45) is 11.7 Å². The molecule has 0 heterocycles. The molecule has 1 atom stereocenters. The summed E-state index contributed by atoms with van der Waals surface area (Å²) in [7, 11) is 0. The first kappa shape index (κ1) is 14.2. The lowest BCUT2D eigenvalue weighted by molar-refractivity contribution is -0.160. The van der Waals surface area contributed by atoms with Crippen LogP contribution in [0.2, 0.25) is 0 Å². The van der Waals surface area contributed by atoms with Crippen molar-refractivity contribution in [1.82, 2.24) is 0 Å². The third-order valence-electron chi connectivity index (χ3n) is 1.18. The zero-order valence-electron chi connectivity index (χ0n) is 6.21. The van der Waals surface area contributed by atoms with Crippen molar-refractivity contribution in [2.75, 3.05) is 0 Å². The molecule has 0 radical (unpaired) electrons. The second kappa shape index (κ2) is 5.33. The molecule has 0 aromatic carbocycles. The molecule has 8 heteroatoms. The second-order valence-electron chi connectivity index (χ2n) is 2.02. The van der Waals surface area contributed by atoms with Gasteiger partial charge in [-0.1, -0.05) is 0 Å². The zero-order chi connectivity index (χ0) is 9.89. The average Bonchev–Trinajstić information content (AvgIpc) is 1.85. The van der Waals surface area contributed by atoms with Crippen LogP contribution in [0.15, 0.2) is 0 Å². The van der Waals surface area contributed by atoms with E-state index in [0.29, 0.717) is 0 Å². The lowest BCUT2D eigenvalue weighted by Gasteiger charge is -2.10. The average molecular weight is 214 g/mol. The number of carbonyl (C=O) groups is 3. The van der Waals surface area contributed by atoms with E-state index in [1.54, 1.807) is 0 Å². The molecule has 5 N–H and O–H groups in total. The second-order valence-corrected chi connectivity index (χ2v) is 2.02. The van der Waals surface area contributed by atoms with Gasteiger partial charge in [-0.25, -0.2) is 0 Å². The van der Waals surface area contributed by atoms with Gasteiger partial charge in [0.2, 0.25) is 0 Å². The fourth-order valence-corrected chi connectivity index (χ4v) is 0.555. The van der Waals surface area contributed by atoms with Gasteiger partial charge in [0.25, 0.3) is 0 Å². The van der Waals surface area contributed by atoms with Gasteiger partial charge in [-0.15, -0.1) is 12.4 Å². The van der Waals surface area contributed by atoms with Crippen molar-refractivity contribution in [1.29, 1.82) is 0 Å². The molecule has 0 saturated carbocycles. The van der Waals surface area contributed by atoms with Gasteiger partial charge in [-0.2, -0.15) is 0 Å². The number of halogens is 1. The van der Waals surface area contributed by atoms with E-state index in [1.165, 1.54) is 0 Å². The summed E-state index contributed by atoms with van der Waals surface area (Å²) in [4.78, 5) is 30.4. The highest BCUT2D eigenvalue weighted by molar-refractivity contribution is 5.98. The van der Waals surface area contributed by atoms with Gasteiger partial charge in [-0.05, 0) is 0 Å².